The number of hydrogen-bond acceptors (Lipinski definition) is 6. The van der Waals surface area contributed by atoms with Crippen LogP contribution in [-0.4, -0.2) is 46.0 Å². The Morgan fingerprint density at radius 2 is 1.88 bits per heavy atom. The summed E-state index contributed by atoms with van der Waals surface area (Å²) in [5.74, 6) is -0.861. The Morgan fingerprint density at radius 3 is 2.58 bits per heavy atom. The molecule has 1 atom stereocenters. The summed E-state index contributed by atoms with van der Waals surface area (Å²) in [5, 5.41) is 21.2. The lowest BCUT2D eigenvalue weighted by molar-refractivity contribution is -0.385. The third kappa shape index (κ3) is 3.14. The zero-order valence-electron chi connectivity index (χ0n) is 13.9. The second kappa shape index (κ2) is 6.93. The molecule has 0 aromatic heterocycles. The van der Waals surface area contributed by atoms with E-state index in [0.29, 0.717) is 5.75 Å². The van der Waals surface area contributed by atoms with Crippen molar-refractivity contribution in [3.05, 3.63) is 69.3 Å². The molecule has 0 radical (unpaired) electrons. The number of aliphatic hydroxyl groups is 1. The van der Waals surface area contributed by atoms with E-state index in [9.17, 15) is 24.8 Å². The molecule has 1 heterocycles. The topological polar surface area (TPSA) is 110 Å². The summed E-state index contributed by atoms with van der Waals surface area (Å²) in [7, 11) is 0. The number of carbonyl (C=O) groups is 2. The molecule has 0 bridgehead atoms. The van der Waals surface area contributed by atoms with Gasteiger partial charge in [-0.2, -0.15) is 0 Å². The Labute approximate surface area is 148 Å². The Bertz CT molecular complexity index is 895. The molecule has 26 heavy (non-hydrogen) atoms. The predicted molar refractivity (Wildman–Crippen MR) is 91.1 cm³/mol. The normalized spacial score (nSPS) is 14.3. The van der Waals surface area contributed by atoms with Crippen molar-refractivity contribution in [3.8, 4) is 5.75 Å². The monoisotopic (exact) mass is 356 g/mol. The molecule has 0 unspecified atom stereocenters. The number of aliphatic hydroxyl groups excluding tert-OH is 1. The SMILES string of the molecule is Cc1ccccc1OC[C@H](O)CN1C(=O)c2cccc([N+](=O)[O-])c2C1=O. The fraction of sp³-hybridized carbons (Fsp3) is 0.222. The van der Waals surface area contributed by atoms with Gasteiger partial charge in [-0.25, -0.2) is 0 Å². The van der Waals surface area contributed by atoms with Gasteiger partial charge in [0.1, 0.15) is 24.0 Å². The number of ether oxygens (including phenoxy) is 1. The lowest BCUT2D eigenvalue weighted by Crippen LogP contribution is -2.39. The molecule has 3 rings (SSSR count). The maximum Gasteiger partial charge on any atom is 0.282 e. The summed E-state index contributed by atoms with van der Waals surface area (Å²) < 4.78 is 5.51. The van der Waals surface area contributed by atoms with Crippen molar-refractivity contribution in [2.75, 3.05) is 13.2 Å². The highest BCUT2D eigenvalue weighted by Gasteiger charge is 2.41. The average molecular weight is 356 g/mol. The zero-order valence-corrected chi connectivity index (χ0v) is 13.9. The molecule has 1 aliphatic heterocycles. The summed E-state index contributed by atoms with van der Waals surface area (Å²) in [6.45, 7) is 1.42. The van der Waals surface area contributed by atoms with Crippen molar-refractivity contribution < 1.29 is 24.4 Å². The van der Waals surface area contributed by atoms with Crippen molar-refractivity contribution in [1.82, 2.24) is 4.90 Å². The second-order valence-corrected chi connectivity index (χ2v) is 5.91. The molecule has 2 aromatic rings. The first-order valence-corrected chi connectivity index (χ1v) is 7.90. The molecule has 2 amide bonds. The average Bonchev–Trinajstić information content (AvgIpc) is 2.86. The van der Waals surface area contributed by atoms with Crippen molar-refractivity contribution >= 4 is 17.5 Å². The van der Waals surface area contributed by atoms with Crippen molar-refractivity contribution in [2.45, 2.75) is 13.0 Å². The van der Waals surface area contributed by atoms with Gasteiger partial charge in [-0.3, -0.25) is 24.6 Å². The number of hydrogen-bond donors (Lipinski definition) is 1. The number of rotatable bonds is 6. The Kier molecular flexibility index (Phi) is 4.68. The summed E-state index contributed by atoms with van der Waals surface area (Å²) in [6, 6.07) is 11.1. The van der Waals surface area contributed by atoms with E-state index >= 15 is 0 Å². The van der Waals surface area contributed by atoms with Gasteiger partial charge in [0.05, 0.1) is 17.0 Å². The molecule has 0 spiro atoms. The lowest BCUT2D eigenvalue weighted by Gasteiger charge is -2.19. The number of β-amino-alcohol motifs (C(OH)–C–C–N with tert-alkyl or cyclic N) is 1. The Hall–Kier alpha value is -3.26. The first kappa shape index (κ1) is 17.6. The molecule has 0 saturated carbocycles. The van der Waals surface area contributed by atoms with Gasteiger partial charge in [-0.05, 0) is 24.6 Å². The molecule has 0 saturated heterocycles. The largest absolute Gasteiger partial charge is 0.491 e. The molecular formula is C18H16N2O6. The predicted octanol–water partition coefficient (Wildman–Crippen LogP) is 1.94. The third-order valence-electron chi connectivity index (χ3n) is 4.09. The van der Waals surface area contributed by atoms with Crippen LogP contribution < -0.4 is 4.74 Å². The van der Waals surface area contributed by atoms with Crippen LogP contribution in [0.4, 0.5) is 5.69 Å². The van der Waals surface area contributed by atoms with Gasteiger partial charge >= 0.3 is 0 Å². The van der Waals surface area contributed by atoms with E-state index in [0.717, 1.165) is 10.5 Å². The van der Waals surface area contributed by atoms with Crippen LogP contribution in [0.3, 0.4) is 0 Å². The molecule has 2 aromatic carbocycles. The zero-order chi connectivity index (χ0) is 18.8. The molecule has 1 aliphatic rings. The van der Waals surface area contributed by atoms with Crippen molar-refractivity contribution in [1.29, 1.82) is 0 Å². The number of imide groups is 1. The summed E-state index contributed by atoms with van der Waals surface area (Å²) in [4.78, 5) is 36.0. The highest BCUT2D eigenvalue weighted by atomic mass is 16.6. The minimum Gasteiger partial charge on any atom is -0.491 e. The van der Waals surface area contributed by atoms with Crippen LogP contribution in [-0.2, 0) is 0 Å². The number of fused-ring (bicyclic) bond motifs is 1. The fourth-order valence-electron chi connectivity index (χ4n) is 2.80. The van der Waals surface area contributed by atoms with E-state index in [-0.39, 0.29) is 24.3 Å². The quantitative estimate of drug-likeness (QED) is 0.481. The van der Waals surface area contributed by atoms with Gasteiger partial charge in [0.15, 0.2) is 0 Å². The van der Waals surface area contributed by atoms with Crippen molar-refractivity contribution in [3.63, 3.8) is 0 Å². The number of nitrogens with zero attached hydrogens (tertiary/aromatic N) is 2. The van der Waals surface area contributed by atoms with Crippen LogP contribution in [0.5, 0.6) is 5.75 Å². The van der Waals surface area contributed by atoms with E-state index in [4.69, 9.17) is 4.74 Å². The van der Waals surface area contributed by atoms with Gasteiger partial charge in [0.2, 0.25) is 0 Å². The molecule has 8 nitrogen and oxygen atoms in total. The van der Waals surface area contributed by atoms with Crippen LogP contribution in [0.25, 0.3) is 0 Å². The number of amides is 2. The van der Waals surface area contributed by atoms with Gasteiger partial charge in [0.25, 0.3) is 17.5 Å². The molecule has 134 valence electrons. The smallest absolute Gasteiger partial charge is 0.282 e. The first-order valence-electron chi connectivity index (χ1n) is 7.90. The van der Waals surface area contributed by atoms with E-state index in [2.05, 4.69) is 0 Å². The molecule has 0 aliphatic carbocycles. The maximum atomic E-state index is 12.4. The van der Waals surface area contributed by atoms with Crippen molar-refractivity contribution in [2.24, 2.45) is 0 Å². The highest BCUT2D eigenvalue weighted by molar-refractivity contribution is 6.23. The Balaban J connectivity index is 1.72. The fourth-order valence-corrected chi connectivity index (χ4v) is 2.80. The number of aryl methyl sites for hydroxylation is 1. The Morgan fingerprint density at radius 1 is 1.15 bits per heavy atom. The second-order valence-electron chi connectivity index (χ2n) is 5.91. The number of nitro groups is 1. The number of para-hydroxylation sites is 1. The van der Waals surface area contributed by atoms with Crippen LogP contribution in [0.2, 0.25) is 0 Å². The van der Waals surface area contributed by atoms with Crippen LogP contribution in [0.1, 0.15) is 26.3 Å². The van der Waals surface area contributed by atoms with E-state index in [1.807, 2.05) is 19.1 Å². The van der Waals surface area contributed by atoms with Gasteiger partial charge in [-0.1, -0.05) is 24.3 Å². The van der Waals surface area contributed by atoms with Gasteiger partial charge in [-0.15, -0.1) is 0 Å². The van der Waals surface area contributed by atoms with Crippen LogP contribution in [0, 0.1) is 17.0 Å². The van der Waals surface area contributed by atoms with E-state index in [1.165, 1.54) is 18.2 Å². The molecule has 8 heteroatoms. The number of benzene rings is 2. The summed E-state index contributed by atoms with van der Waals surface area (Å²) in [5.41, 5.74) is 0.191. The lowest BCUT2D eigenvalue weighted by atomic mass is 10.1. The number of nitro benzene ring substituents is 1. The first-order chi connectivity index (χ1) is 12.4. The molecular weight excluding hydrogens is 340 g/mol. The number of carbonyl (C=O) groups excluding carboxylic acids is 2. The maximum absolute atomic E-state index is 12.4. The van der Waals surface area contributed by atoms with Crippen LogP contribution in [0.15, 0.2) is 42.5 Å². The highest BCUT2D eigenvalue weighted by Crippen LogP contribution is 2.30. The molecule has 1 N–H and O–H groups in total. The third-order valence-corrected chi connectivity index (χ3v) is 4.09. The van der Waals surface area contributed by atoms with Crippen LogP contribution >= 0.6 is 0 Å². The summed E-state index contributed by atoms with van der Waals surface area (Å²) in [6.07, 6.45) is -1.13. The standard InChI is InChI=1S/C18H16N2O6/c1-11-5-2-3-8-15(11)26-10-12(21)9-19-17(22)13-6-4-7-14(20(24)25)16(13)18(19)23/h2-8,12,21H,9-10H2,1H3/t12-/m1/s1. The summed E-state index contributed by atoms with van der Waals surface area (Å²) >= 11 is 0. The van der Waals surface area contributed by atoms with E-state index < -0.39 is 28.5 Å². The molecule has 0 fully saturated rings. The minimum absolute atomic E-state index is 0.0313. The van der Waals surface area contributed by atoms with Gasteiger partial charge in [0, 0.05) is 6.07 Å². The van der Waals surface area contributed by atoms with E-state index in [1.54, 1.807) is 12.1 Å². The minimum atomic E-state index is -1.13. The van der Waals surface area contributed by atoms with Gasteiger partial charge < -0.3 is 9.84 Å².